The van der Waals surface area contributed by atoms with Gasteiger partial charge < -0.3 is 9.47 Å². The number of nitrogens with zero attached hydrogens (tertiary/aromatic N) is 3. The molecule has 0 saturated heterocycles. The Balaban J connectivity index is 1.75. The van der Waals surface area contributed by atoms with Crippen molar-refractivity contribution in [3.05, 3.63) is 58.6 Å². The third kappa shape index (κ3) is 2.55. The molecule has 5 rings (SSSR count). The highest BCUT2D eigenvalue weighted by Gasteiger charge is 2.22. The maximum Gasteiger partial charge on any atom is 0.231 e. The van der Waals surface area contributed by atoms with Gasteiger partial charge in [0.1, 0.15) is 0 Å². The van der Waals surface area contributed by atoms with Gasteiger partial charge in [-0.25, -0.2) is 4.98 Å². The summed E-state index contributed by atoms with van der Waals surface area (Å²) in [5.41, 5.74) is 6.09. The smallest absolute Gasteiger partial charge is 0.231 e. The SMILES string of the molecule is Cc1ccc(-c2nc3sc(C)c(-c4ccc5c(c4)OCO5)n3c2CC#N)cc1. The van der Waals surface area contributed by atoms with E-state index in [1.54, 1.807) is 11.3 Å². The van der Waals surface area contributed by atoms with Crippen molar-refractivity contribution in [1.82, 2.24) is 9.38 Å². The molecule has 28 heavy (non-hydrogen) atoms. The summed E-state index contributed by atoms with van der Waals surface area (Å²) in [6.45, 7) is 4.40. The van der Waals surface area contributed by atoms with Crippen molar-refractivity contribution in [1.29, 1.82) is 5.26 Å². The zero-order chi connectivity index (χ0) is 19.3. The molecular weight excluding hydrogens is 370 g/mol. The Labute approximate surface area is 166 Å². The molecule has 0 radical (unpaired) electrons. The maximum absolute atomic E-state index is 9.48. The number of rotatable bonds is 3. The summed E-state index contributed by atoms with van der Waals surface area (Å²) in [6, 6.07) is 16.6. The van der Waals surface area contributed by atoms with Crippen LogP contribution in [0.3, 0.4) is 0 Å². The molecule has 1 aliphatic heterocycles. The van der Waals surface area contributed by atoms with Crippen LogP contribution in [0, 0.1) is 25.2 Å². The van der Waals surface area contributed by atoms with E-state index in [2.05, 4.69) is 48.6 Å². The van der Waals surface area contributed by atoms with E-state index in [-0.39, 0.29) is 13.2 Å². The molecule has 0 unspecified atom stereocenters. The first-order valence-corrected chi connectivity index (χ1v) is 9.82. The van der Waals surface area contributed by atoms with Crippen molar-refractivity contribution in [2.24, 2.45) is 0 Å². The lowest BCUT2D eigenvalue weighted by molar-refractivity contribution is 0.174. The Hall–Kier alpha value is -3.30. The Morgan fingerprint density at radius 1 is 1.07 bits per heavy atom. The van der Waals surface area contributed by atoms with Crippen molar-refractivity contribution >= 4 is 16.3 Å². The number of ether oxygens (including phenoxy) is 2. The Kier molecular flexibility index (Phi) is 3.85. The van der Waals surface area contributed by atoms with Crippen LogP contribution in [-0.2, 0) is 6.42 Å². The minimum absolute atomic E-state index is 0.249. The Bertz CT molecular complexity index is 1250. The molecule has 0 spiro atoms. The zero-order valence-electron chi connectivity index (χ0n) is 15.5. The number of benzene rings is 2. The maximum atomic E-state index is 9.48. The largest absolute Gasteiger partial charge is 0.454 e. The topological polar surface area (TPSA) is 59.6 Å². The number of aryl methyl sites for hydroxylation is 2. The molecule has 0 saturated carbocycles. The minimum atomic E-state index is 0.249. The normalized spacial score (nSPS) is 12.5. The molecule has 4 aromatic rings. The molecule has 0 atom stereocenters. The summed E-state index contributed by atoms with van der Waals surface area (Å²) in [4.78, 5) is 6.93. The lowest BCUT2D eigenvalue weighted by atomic mass is 10.1. The van der Waals surface area contributed by atoms with Gasteiger partial charge in [-0.15, -0.1) is 11.3 Å². The van der Waals surface area contributed by atoms with E-state index in [0.717, 1.165) is 49.5 Å². The average Bonchev–Trinajstić information content (AvgIpc) is 3.36. The first-order chi connectivity index (χ1) is 13.7. The number of nitriles is 1. The van der Waals surface area contributed by atoms with Gasteiger partial charge in [-0.1, -0.05) is 29.8 Å². The zero-order valence-corrected chi connectivity index (χ0v) is 16.3. The van der Waals surface area contributed by atoms with Crippen LogP contribution in [0.25, 0.3) is 27.5 Å². The molecule has 0 amide bonds. The first kappa shape index (κ1) is 16.8. The first-order valence-electron chi connectivity index (χ1n) is 9.00. The summed E-state index contributed by atoms with van der Waals surface area (Å²) in [5.74, 6) is 1.51. The van der Waals surface area contributed by atoms with Crippen LogP contribution in [0.2, 0.25) is 0 Å². The van der Waals surface area contributed by atoms with Crippen molar-refractivity contribution in [3.63, 3.8) is 0 Å². The Morgan fingerprint density at radius 2 is 1.82 bits per heavy atom. The van der Waals surface area contributed by atoms with Gasteiger partial charge in [0.2, 0.25) is 6.79 Å². The van der Waals surface area contributed by atoms with Gasteiger partial charge in [-0.2, -0.15) is 5.26 Å². The van der Waals surface area contributed by atoms with Crippen LogP contribution in [0.5, 0.6) is 11.5 Å². The number of fused-ring (bicyclic) bond motifs is 2. The van der Waals surface area contributed by atoms with Gasteiger partial charge in [0, 0.05) is 16.0 Å². The number of hydrogen-bond acceptors (Lipinski definition) is 5. The number of imidazole rings is 1. The monoisotopic (exact) mass is 387 g/mol. The van der Waals surface area contributed by atoms with E-state index >= 15 is 0 Å². The standard InChI is InChI=1S/C22H17N3O2S/c1-13-3-5-15(6-4-13)20-17(9-10-23)25-21(14(2)28-22(25)24-20)16-7-8-18-19(11-16)27-12-26-18/h3-8,11H,9,12H2,1-2H3. The molecule has 6 heteroatoms. The summed E-state index contributed by atoms with van der Waals surface area (Å²) in [6.07, 6.45) is 0.290. The van der Waals surface area contributed by atoms with Crippen molar-refractivity contribution in [3.8, 4) is 40.1 Å². The molecule has 2 aromatic heterocycles. The van der Waals surface area contributed by atoms with E-state index < -0.39 is 0 Å². The van der Waals surface area contributed by atoms with Crippen LogP contribution in [0.15, 0.2) is 42.5 Å². The lowest BCUT2D eigenvalue weighted by Gasteiger charge is -2.07. The number of hydrogen-bond donors (Lipinski definition) is 0. The second kappa shape index (κ2) is 6.39. The number of thiazole rings is 1. The van der Waals surface area contributed by atoms with Gasteiger partial charge in [-0.05, 0) is 32.0 Å². The molecule has 2 aromatic carbocycles. The van der Waals surface area contributed by atoms with E-state index in [0.29, 0.717) is 0 Å². The molecule has 5 nitrogen and oxygen atoms in total. The molecule has 0 fully saturated rings. The lowest BCUT2D eigenvalue weighted by Crippen LogP contribution is -1.96. The third-order valence-electron chi connectivity index (χ3n) is 4.96. The van der Waals surface area contributed by atoms with Gasteiger partial charge in [0.05, 0.1) is 29.6 Å². The van der Waals surface area contributed by atoms with Gasteiger partial charge in [-0.3, -0.25) is 4.40 Å². The molecule has 0 N–H and O–H groups in total. The van der Waals surface area contributed by atoms with Crippen LogP contribution in [0.1, 0.15) is 16.1 Å². The van der Waals surface area contributed by atoms with Gasteiger partial charge in [0.25, 0.3) is 0 Å². The molecule has 1 aliphatic rings. The van der Waals surface area contributed by atoms with Crippen LogP contribution < -0.4 is 9.47 Å². The molecule has 0 bridgehead atoms. The van der Waals surface area contributed by atoms with E-state index in [9.17, 15) is 5.26 Å². The summed E-state index contributed by atoms with van der Waals surface area (Å²) < 4.78 is 13.1. The van der Waals surface area contributed by atoms with E-state index in [4.69, 9.17) is 14.5 Å². The fourth-order valence-corrected chi connectivity index (χ4v) is 4.64. The predicted molar refractivity (Wildman–Crippen MR) is 109 cm³/mol. The molecule has 3 heterocycles. The summed E-state index contributed by atoms with van der Waals surface area (Å²) in [7, 11) is 0. The number of aromatic nitrogens is 2. The van der Waals surface area contributed by atoms with Crippen LogP contribution in [-0.4, -0.2) is 16.2 Å². The molecule has 138 valence electrons. The van der Waals surface area contributed by atoms with Crippen LogP contribution in [0.4, 0.5) is 0 Å². The second-order valence-electron chi connectivity index (χ2n) is 6.80. The summed E-state index contributed by atoms with van der Waals surface area (Å²) >= 11 is 1.64. The molecule has 0 aliphatic carbocycles. The van der Waals surface area contributed by atoms with Gasteiger partial charge in [0.15, 0.2) is 16.5 Å². The average molecular weight is 387 g/mol. The fraction of sp³-hybridized carbons (Fsp3) is 0.182. The van der Waals surface area contributed by atoms with Crippen LogP contribution >= 0.6 is 11.3 Å². The highest BCUT2D eigenvalue weighted by atomic mass is 32.1. The fourth-order valence-electron chi connectivity index (χ4n) is 3.63. The second-order valence-corrected chi connectivity index (χ2v) is 7.98. The van der Waals surface area contributed by atoms with Crippen molar-refractivity contribution in [2.75, 3.05) is 6.79 Å². The van der Waals surface area contributed by atoms with Crippen molar-refractivity contribution in [2.45, 2.75) is 20.3 Å². The quantitative estimate of drug-likeness (QED) is 0.488. The highest BCUT2D eigenvalue weighted by molar-refractivity contribution is 7.17. The van der Waals surface area contributed by atoms with E-state index in [1.807, 2.05) is 18.2 Å². The predicted octanol–water partition coefficient (Wildman–Crippen LogP) is 5.14. The molecular formula is C22H17N3O2S. The third-order valence-corrected chi connectivity index (χ3v) is 5.92. The van der Waals surface area contributed by atoms with Gasteiger partial charge >= 0.3 is 0 Å². The minimum Gasteiger partial charge on any atom is -0.454 e. The van der Waals surface area contributed by atoms with Crippen molar-refractivity contribution < 1.29 is 9.47 Å². The highest BCUT2D eigenvalue weighted by Crippen LogP contribution is 2.40. The van der Waals surface area contributed by atoms with E-state index in [1.165, 1.54) is 5.56 Å². The Morgan fingerprint density at radius 3 is 2.61 bits per heavy atom. The summed E-state index contributed by atoms with van der Waals surface area (Å²) in [5, 5.41) is 9.48.